The molecule has 0 aliphatic rings. The van der Waals surface area contributed by atoms with Crippen LogP contribution in [-0.4, -0.2) is 15.5 Å². The third-order valence-corrected chi connectivity index (χ3v) is 4.07. The van der Waals surface area contributed by atoms with Crippen molar-refractivity contribution in [2.75, 3.05) is 5.32 Å². The number of nitrogens with zero attached hydrogens (tertiary/aromatic N) is 1. The minimum Gasteiger partial charge on any atom is -0.467 e. The van der Waals surface area contributed by atoms with Gasteiger partial charge in [-0.3, -0.25) is 14.2 Å². The first-order valence-electron chi connectivity index (χ1n) is 7.70. The number of benzene rings is 1. The van der Waals surface area contributed by atoms with E-state index in [9.17, 15) is 27.6 Å². The third-order valence-electron chi connectivity index (χ3n) is 3.74. The van der Waals surface area contributed by atoms with Crippen LogP contribution in [0.15, 0.2) is 56.8 Å². The maximum atomic E-state index is 12.8. The van der Waals surface area contributed by atoms with Crippen molar-refractivity contribution < 1.29 is 22.4 Å². The van der Waals surface area contributed by atoms with E-state index in [0.717, 1.165) is 22.9 Å². The lowest BCUT2D eigenvalue weighted by Gasteiger charge is -2.12. The standard InChI is InChI=1S/C17H11ClF3N3O4/c18-12-4-3-9(17(19,20)21)6-13(12)23-14(25)11-7-22-16(27)24(15(11)26)8-10-2-1-5-28-10/h1-7H,8H2,(H,22,27)(H,23,25). The minimum atomic E-state index is -4.64. The van der Waals surface area contributed by atoms with Crippen LogP contribution in [0.25, 0.3) is 0 Å². The molecule has 2 aromatic heterocycles. The second kappa shape index (κ2) is 7.39. The van der Waals surface area contributed by atoms with Gasteiger partial charge in [0.25, 0.3) is 11.5 Å². The molecule has 1 aromatic carbocycles. The average molecular weight is 414 g/mol. The summed E-state index contributed by atoms with van der Waals surface area (Å²) in [6.07, 6.45) is -2.42. The summed E-state index contributed by atoms with van der Waals surface area (Å²) in [5, 5.41) is 2.00. The quantitative estimate of drug-likeness (QED) is 0.686. The molecule has 0 unspecified atom stereocenters. The van der Waals surface area contributed by atoms with E-state index in [2.05, 4.69) is 10.3 Å². The van der Waals surface area contributed by atoms with Crippen molar-refractivity contribution in [3.8, 4) is 0 Å². The molecule has 7 nitrogen and oxygen atoms in total. The molecule has 2 heterocycles. The Morgan fingerprint density at radius 2 is 2.00 bits per heavy atom. The van der Waals surface area contributed by atoms with E-state index in [4.69, 9.17) is 16.0 Å². The van der Waals surface area contributed by atoms with Gasteiger partial charge in [-0.1, -0.05) is 11.6 Å². The molecule has 0 aliphatic heterocycles. The van der Waals surface area contributed by atoms with Crippen LogP contribution < -0.4 is 16.6 Å². The Morgan fingerprint density at radius 3 is 2.64 bits per heavy atom. The van der Waals surface area contributed by atoms with Crippen molar-refractivity contribution >= 4 is 23.2 Å². The number of aromatic amines is 1. The zero-order valence-electron chi connectivity index (χ0n) is 13.8. The third kappa shape index (κ3) is 4.01. The number of carbonyl (C=O) groups is 1. The Bertz CT molecular complexity index is 1130. The Labute approximate surface area is 159 Å². The molecule has 0 saturated carbocycles. The van der Waals surface area contributed by atoms with Crippen LogP contribution in [0.1, 0.15) is 21.7 Å². The molecule has 1 amide bonds. The fourth-order valence-electron chi connectivity index (χ4n) is 2.36. The van der Waals surface area contributed by atoms with E-state index in [0.29, 0.717) is 11.8 Å². The lowest BCUT2D eigenvalue weighted by Crippen LogP contribution is -2.39. The van der Waals surface area contributed by atoms with Gasteiger partial charge < -0.3 is 14.7 Å². The van der Waals surface area contributed by atoms with Gasteiger partial charge in [0.15, 0.2) is 0 Å². The topological polar surface area (TPSA) is 97.1 Å². The molecule has 28 heavy (non-hydrogen) atoms. The van der Waals surface area contributed by atoms with Gasteiger partial charge in [-0.25, -0.2) is 4.79 Å². The minimum absolute atomic E-state index is 0.151. The predicted octanol–water partition coefficient (Wildman–Crippen LogP) is 3.10. The van der Waals surface area contributed by atoms with E-state index < -0.39 is 34.5 Å². The molecule has 0 spiro atoms. The summed E-state index contributed by atoms with van der Waals surface area (Å²) in [6, 6.07) is 5.46. The molecule has 0 radical (unpaired) electrons. The number of anilines is 1. The summed E-state index contributed by atoms with van der Waals surface area (Å²) in [7, 11) is 0. The highest BCUT2D eigenvalue weighted by atomic mass is 35.5. The van der Waals surface area contributed by atoms with E-state index in [1.54, 1.807) is 6.07 Å². The van der Waals surface area contributed by atoms with Crippen molar-refractivity contribution in [2.45, 2.75) is 12.7 Å². The van der Waals surface area contributed by atoms with Gasteiger partial charge in [-0.05, 0) is 30.3 Å². The lowest BCUT2D eigenvalue weighted by atomic mass is 10.2. The van der Waals surface area contributed by atoms with Crippen molar-refractivity contribution in [3.05, 3.63) is 85.5 Å². The Morgan fingerprint density at radius 1 is 1.25 bits per heavy atom. The first-order chi connectivity index (χ1) is 13.2. The fourth-order valence-corrected chi connectivity index (χ4v) is 2.53. The Hall–Kier alpha value is -3.27. The summed E-state index contributed by atoms with van der Waals surface area (Å²) in [4.78, 5) is 39.0. The van der Waals surface area contributed by atoms with Gasteiger partial charge in [0.05, 0.1) is 29.1 Å². The Balaban J connectivity index is 1.94. The highest BCUT2D eigenvalue weighted by Gasteiger charge is 2.31. The number of alkyl halides is 3. The molecule has 0 atom stereocenters. The van der Waals surface area contributed by atoms with Crippen LogP contribution in [0.4, 0.5) is 18.9 Å². The summed E-state index contributed by atoms with van der Waals surface area (Å²) in [5.41, 5.74) is -3.57. The van der Waals surface area contributed by atoms with Crippen molar-refractivity contribution in [3.63, 3.8) is 0 Å². The van der Waals surface area contributed by atoms with Gasteiger partial charge in [0, 0.05) is 6.20 Å². The molecular weight excluding hydrogens is 403 g/mol. The molecule has 3 aromatic rings. The number of H-pyrrole nitrogens is 1. The Kier molecular flexibility index (Phi) is 5.14. The van der Waals surface area contributed by atoms with E-state index in [-0.39, 0.29) is 17.3 Å². The number of amides is 1. The summed E-state index contributed by atoms with van der Waals surface area (Å²) >= 11 is 5.83. The number of halogens is 4. The van der Waals surface area contributed by atoms with Crippen molar-refractivity contribution in [1.82, 2.24) is 9.55 Å². The summed E-state index contributed by atoms with van der Waals surface area (Å²) in [6.45, 7) is -0.230. The van der Waals surface area contributed by atoms with E-state index in [1.165, 1.54) is 12.3 Å². The molecule has 146 valence electrons. The lowest BCUT2D eigenvalue weighted by molar-refractivity contribution is -0.137. The number of nitrogens with one attached hydrogen (secondary N) is 2. The fraction of sp³-hybridized carbons (Fsp3) is 0.118. The molecule has 0 aliphatic carbocycles. The number of rotatable bonds is 4. The zero-order chi connectivity index (χ0) is 20.5. The van der Waals surface area contributed by atoms with Crippen molar-refractivity contribution in [2.24, 2.45) is 0 Å². The first-order valence-corrected chi connectivity index (χ1v) is 8.07. The van der Waals surface area contributed by atoms with Crippen LogP contribution >= 0.6 is 11.6 Å². The van der Waals surface area contributed by atoms with Crippen molar-refractivity contribution in [1.29, 1.82) is 0 Å². The second-order valence-corrected chi connectivity index (χ2v) is 6.03. The van der Waals surface area contributed by atoms with Gasteiger partial charge in [0.1, 0.15) is 11.3 Å². The van der Waals surface area contributed by atoms with Gasteiger partial charge in [-0.15, -0.1) is 0 Å². The molecule has 0 fully saturated rings. The normalized spacial score (nSPS) is 11.4. The zero-order valence-corrected chi connectivity index (χ0v) is 14.6. The largest absolute Gasteiger partial charge is 0.467 e. The van der Waals surface area contributed by atoms with Gasteiger partial charge in [0.2, 0.25) is 0 Å². The van der Waals surface area contributed by atoms with Crippen LogP contribution in [0.3, 0.4) is 0 Å². The first kappa shape index (κ1) is 19.5. The molecular formula is C17H11ClF3N3O4. The van der Waals surface area contributed by atoms with Crippen LogP contribution in [0, 0.1) is 0 Å². The van der Waals surface area contributed by atoms with Crippen LogP contribution in [-0.2, 0) is 12.7 Å². The number of hydrogen-bond acceptors (Lipinski definition) is 4. The highest BCUT2D eigenvalue weighted by Crippen LogP contribution is 2.33. The smallest absolute Gasteiger partial charge is 0.416 e. The SMILES string of the molecule is O=C(Nc1cc(C(F)(F)F)ccc1Cl)c1c[nH]c(=O)n(Cc2ccco2)c1=O. The predicted molar refractivity (Wildman–Crippen MR) is 93.5 cm³/mol. The number of aromatic nitrogens is 2. The molecule has 2 N–H and O–H groups in total. The maximum absolute atomic E-state index is 12.8. The number of carbonyl (C=O) groups excluding carboxylic acids is 1. The molecule has 0 saturated heterocycles. The van der Waals surface area contributed by atoms with E-state index >= 15 is 0 Å². The number of furan rings is 1. The molecule has 0 bridgehead atoms. The second-order valence-electron chi connectivity index (χ2n) is 5.62. The summed E-state index contributed by atoms with van der Waals surface area (Å²) in [5.74, 6) is -0.734. The van der Waals surface area contributed by atoms with Gasteiger partial charge >= 0.3 is 11.9 Å². The van der Waals surface area contributed by atoms with E-state index in [1.807, 2.05) is 0 Å². The van der Waals surface area contributed by atoms with Crippen LogP contribution in [0.2, 0.25) is 5.02 Å². The molecule has 3 rings (SSSR count). The van der Waals surface area contributed by atoms with Gasteiger partial charge in [-0.2, -0.15) is 13.2 Å². The molecule has 11 heteroatoms. The number of hydrogen-bond donors (Lipinski definition) is 2. The van der Waals surface area contributed by atoms with Crippen LogP contribution in [0.5, 0.6) is 0 Å². The monoisotopic (exact) mass is 413 g/mol. The average Bonchev–Trinajstić information content (AvgIpc) is 3.12. The maximum Gasteiger partial charge on any atom is 0.416 e. The highest BCUT2D eigenvalue weighted by molar-refractivity contribution is 6.34. The summed E-state index contributed by atoms with van der Waals surface area (Å²) < 4.78 is 44.3.